The van der Waals surface area contributed by atoms with Crippen LogP contribution in [-0.2, 0) is 15.3 Å². The summed E-state index contributed by atoms with van der Waals surface area (Å²) < 4.78 is 17.5. The summed E-state index contributed by atoms with van der Waals surface area (Å²) in [6, 6.07) is 5.92. The highest BCUT2D eigenvalue weighted by molar-refractivity contribution is 7.51. The Balaban J connectivity index is 2.55. The first-order valence-electron chi connectivity index (χ1n) is 7.56. The Morgan fingerprint density at radius 2 is 1.82 bits per heavy atom. The van der Waals surface area contributed by atoms with Gasteiger partial charge in [0.05, 0.1) is 17.8 Å². The zero-order valence-corrected chi connectivity index (χ0v) is 14.3. The number of hydrogen-bond acceptors (Lipinski definition) is 3. The number of carbonyl (C=O) groups is 1. The summed E-state index contributed by atoms with van der Waals surface area (Å²) >= 11 is 0. The Bertz CT molecular complexity index is 526. The second kappa shape index (κ2) is 8.47. The second-order valence-electron chi connectivity index (χ2n) is 5.80. The molecule has 2 N–H and O–H groups in total. The van der Waals surface area contributed by atoms with Crippen LogP contribution in [0.15, 0.2) is 24.3 Å². The Hall–Kier alpha value is -1.16. The first-order chi connectivity index (χ1) is 10.2. The third-order valence-electron chi connectivity index (χ3n) is 3.69. The summed E-state index contributed by atoms with van der Waals surface area (Å²) in [6.45, 7) is 6.07. The van der Waals surface area contributed by atoms with Crippen molar-refractivity contribution in [2.75, 3.05) is 0 Å². The van der Waals surface area contributed by atoms with Gasteiger partial charge in [-0.2, -0.15) is 0 Å². The predicted octanol–water partition coefficient (Wildman–Crippen LogP) is 4.30. The van der Waals surface area contributed by atoms with E-state index in [1.807, 2.05) is 0 Å². The van der Waals surface area contributed by atoms with E-state index >= 15 is 0 Å². The smallest absolute Gasteiger partial charge is 0.335 e. The van der Waals surface area contributed by atoms with Crippen LogP contribution >= 0.6 is 7.60 Å². The topological polar surface area (TPSA) is 83.8 Å². The molecule has 0 saturated carbocycles. The van der Waals surface area contributed by atoms with E-state index in [9.17, 15) is 14.3 Å². The van der Waals surface area contributed by atoms with Crippen molar-refractivity contribution >= 4 is 13.6 Å². The van der Waals surface area contributed by atoms with Crippen molar-refractivity contribution in [1.29, 1.82) is 0 Å². The van der Waals surface area contributed by atoms with E-state index in [4.69, 9.17) is 9.63 Å². The molecule has 0 aliphatic carbocycles. The zero-order chi connectivity index (χ0) is 16.8. The Kier molecular flexibility index (Phi) is 7.27. The van der Waals surface area contributed by atoms with E-state index in [1.54, 1.807) is 19.1 Å². The van der Waals surface area contributed by atoms with Crippen LogP contribution in [0.25, 0.3) is 0 Å². The van der Waals surface area contributed by atoms with E-state index in [-0.39, 0.29) is 17.8 Å². The molecule has 0 radical (unpaired) electrons. The summed E-state index contributed by atoms with van der Waals surface area (Å²) in [6.07, 6.45) is 2.41. The van der Waals surface area contributed by atoms with Gasteiger partial charge in [-0.1, -0.05) is 32.4 Å². The molecule has 0 aromatic heterocycles. The van der Waals surface area contributed by atoms with Crippen molar-refractivity contribution in [1.82, 2.24) is 0 Å². The highest BCUT2D eigenvalue weighted by Crippen LogP contribution is 2.47. The van der Waals surface area contributed by atoms with Gasteiger partial charge in [0.1, 0.15) is 0 Å². The highest BCUT2D eigenvalue weighted by atomic mass is 31.2. The number of rotatable bonds is 9. The highest BCUT2D eigenvalue weighted by Gasteiger charge is 2.23. The Morgan fingerprint density at radius 1 is 1.23 bits per heavy atom. The molecule has 0 saturated heterocycles. The fourth-order valence-electron chi connectivity index (χ4n) is 2.08. The summed E-state index contributed by atoms with van der Waals surface area (Å²) in [4.78, 5) is 20.7. The molecule has 0 fully saturated rings. The normalized spacial score (nSPS) is 16.7. The van der Waals surface area contributed by atoms with Gasteiger partial charge in [-0.3, -0.25) is 4.57 Å². The molecule has 5 nitrogen and oxygen atoms in total. The van der Waals surface area contributed by atoms with Crippen LogP contribution in [0.5, 0.6) is 0 Å². The molecule has 22 heavy (non-hydrogen) atoms. The van der Waals surface area contributed by atoms with Gasteiger partial charge in [0, 0.05) is 0 Å². The van der Waals surface area contributed by atoms with Gasteiger partial charge in [0.15, 0.2) is 0 Å². The third-order valence-corrected chi connectivity index (χ3v) is 5.14. The van der Waals surface area contributed by atoms with Gasteiger partial charge < -0.3 is 14.5 Å². The number of aromatic carboxylic acids is 1. The van der Waals surface area contributed by atoms with Gasteiger partial charge in [-0.25, -0.2) is 4.79 Å². The largest absolute Gasteiger partial charge is 0.478 e. The lowest BCUT2D eigenvalue weighted by atomic mass is 10.0. The minimum absolute atomic E-state index is 0.111. The van der Waals surface area contributed by atoms with Crippen molar-refractivity contribution in [3.63, 3.8) is 0 Å². The molecule has 3 atom stereocenters. The van der Waals surface area contributed by atoms with Gasteiger partial charge in [0.25, 0.3) is 0 Å². The van der Waals surface area contributed by atoms with Crippen LogP contribution in [0.3, 0.4) is 0 Å². The molecule has 1 aromatic rings. The van der Waals surface area contributed by atoms with E-state index < -0.39 is 13.6 Å². The van der Waals surface area contributed by atoms with Gasteiger partial charge in [-0.15, -0.1) is 0 Å². The van der Waals surface area contributed by atoms with Crippen LogP contribution in [0.2, 0.25) is 0 Å². The molecule has 0 bridgehead atoms. The van der Waals surface area contributed by atoms with E-state index in [0.717, 1.165) is 19.3 Å². The molecule has 0 heterocycles. The monoisotopic (exact) mass is 328 g/mol. The number of carboxylic acids is 1. The van der Waals surface area contributed by atoms with Crippen LogP contribution in [-0.4, -0.2) is 22.1 Å². The van der Waals surface area contributed by atoms with Crippen molar-refractivity contribution in [3.8, 4) is 0 Å². The van der Waals surface area contributed by atoms with Crippen molar-refractivity contribution in [2.45, 2.75) is 52.3 Å². The molecule has 1 rings (SSSR count). The quantitative estimate of drug-likeness (QED) is 0.660. The van der Waals surface area contributed by atoms with Crippen molar-refractivity contribution < 1.29 is 23.9 Å². The molecular formula is C16H25O5P. The van der Waals surface area contributed by atoms with Crippen molar-refractivity contribution in [3.05, 3.63) is 35.4 Å². The lowest BCUT2D eigenvalue weighted by molar-refractivity contribution is 0.0697. The Labute approximate surface area is 131 Å². The number of carboxylic acid groups (broad SMARTS) is 1. The first-order valence-corrected chi connectivity index (χ1v) is 9.32. The minimum atomic E-state index is -3.73. The average Bonchev–Trinajstić information content (AvgIpc) is 2.44. The number of benzene rings is 1. The lowest BCUT2D eigenvalue weighted by Crippen LogP contribution is -2.09. The molecule has 0 spiro atoms. The number of hydrogen-bond donors (Lipinski definition) is 2. The summed E-state index contributed by atoms with van der Waals surface area (Å²) in [5, 5.41) is 8.82. The summed E-state index contributed by atoms with van der Waals surface area (Å²) in [7, 11) is -3.73. The molecule has 0 aliphatic heterocycles. The van der Waals surface area contributed by atoms with Crippen LogP contribution in [0, 0.1) is 5.92 Å². The summed E-state index contributed by atoms with van der Waals surface area (Å²) in [5.74, 6) is -0.443. The summed E-state index contributed by atoms with van der Waals surface area (Å²) in [5.41, 5.74) is 0.740. The molecule has 0 aliphatic rings. The fourth-order valence-corrected chi connectivity index (χ4v) is 3.49. The van der Waals surface area contributed by atoms with E-state index in [0.29, 0.717) is 11.5 Å². The van der Waals surface area contributed by atoms with Crippen LogP contribution < -0.4 is 0 Å². The maximum Gasteiger partial charge on any atom is 0.335 e. The minimum Gasteiger partial charge on any atom is -0.478 e. The predicted molar refractivity (Wildman–Crippen MR) is 86.2 cm³/mol. The maximum atomic E-state index is 12.1. The fraction of sp³-hybridized carbons (Fsp3) is 0.562. The third kappa shape index (κ3) is 6.73. The van der Waals surface area contributed by atoms with Gasteiger partial charge in [-0.05, 0) is 43.4 Å². The van der Waals surface area contributed by atoms with E-state index in [2.05, 4.69) is 13.8 Å². The molecule has 124 valence electrons. The molecule has 1 aromatic carbocycles. The second-order valence-corrected chi connectivity index (χ2v) is 7.61. The molecule has 0 amide bonds. The van der Waals surface area contributed by atoms with Crippen LogP contribution in [0.4, 0.5) is 0 Å². The average molecular weight is 328 g/mol. The van der Waals surface area contributed by atoms with Crippen molar-refractivity contribution in [2.24, 2.45) is 5.92 Å². The van der Waals surface area contributed by atoms with E-state index in [1.165, 1.54) is 12.1 Å². The Morgan fingerprint density at radius 3 is 2.32 bits per heavy atom. The SMILES string of the molecule is CCC(C)CC[C@@H](C)OP(=O)(O)Cc1ccc(C(=O)O)cc1. The lowest BCUT2D eigenvalue weighted by Gasteiger charge is -2.19. The molecule has 2 unspecified atom stereocenters. The van der Waals surface area contributed by atoms with Crippen LogP contribution in [0.1, 0.15) is 56.0 Å². The maximum absolute atomic E-state index is 12.1. The molecular weight excluding hydrogens is 303 g/mol. The van der Waals surface area contributed by atoms with Gasteiger partial charge in [0.2, 0.25) is 0 Å². The molecule has 6 heteroatoms. The standard InChI is InChI=1S/C16H25O5P/c1-4-12(2)5-6-13(3)21-22(19,20)11-14-7-9-15(10-8-14)16(17)18/h7-10,12-13H,4-6,11H2,1-3H3,(H,17,18)(H,19,20)/t12?,13-/m1/s1. The first kappa shape index (κ1) is 18.9. The van der Waals surface area contributed by atoms with Gasteiger partial charge >= 0.3 is 13.6 Å². The zero-order valence-electron chi connectivity index (χ0n) is 13.4.